The quantitative estimate of drug-likeness (QED) is 0.621. The summed E-state index contributed by atoms with van der Waals surface area (Å²) in [4.78, 5) is 3.73. The molecule has 0 fully saturated rings. The molecule has 0 saturated heterocycles. The third-order valence-corrected chi connectivity index (χ3v) is 2.00. The molecule has 1 rings (SSSR count). The minimum atomic E-state index is -0.746. The third kappa shape index (κ3) is 2.49. The molecule has 0 radical (unpaired) electrons. The third-order valence-electron chi connectivity index (χ3n) is 1.32. The van der Waals surface area contributed by atoms with E-state index < -0.39 is 6.10 Å². The minimum Gasteiger partial charge on any atom is -0.387 e. The summed E-state index contributed by atoms with van der Waals surface area (Å²) in [7, 11) is 0. The smallest absolute Gasteiger partial charge is 0.131 e. The van der Waals surface area contributed by atoms with Gasteiger partial charge in [0.25, 0.3) is 0 Å². The number of hydrogen-bond acceptors (Lipinski definition) is 2. The molecule has 1 heterocycles. The highest BCUT2D eigenvalue weighted by molar-refractivity contribution is 6.32. The molecule has 0 amide bonds. The lowest BCUT2D eigenvalue weighted by molar-refractivity contribution is 0.202. The largest absolute Gasteiger partial charge is 0.387 e. The van der Waals surface area contributed by atoms with Crippen LogP contribution in [0.1, 0.15) is 11.7 Å². The Morgan fingerprint density at radius 3 is 2.25 bits per heavy atom. The van der Waals surface area contributed by atoms with Crippen molar-refractivity contribution >= 4 is 34.8 Å². The number of aliphatic hydroxyl groups excluding tert-OH is 1. The summed E-state index contributed by atoms with van der Waals surface area (Å²) >= 11 is 16.6. The summed E-state index contributed by atoms with van der Waals surface area (Å²) in [6, 6.07) is 3.06. The van der Waals surface area contributed by atoms with Gasteiger partial charge < -0.3 is 5.11 Å². The van der Waals surface area contributed by atoms with Crippen LogP contribution in [0.25, 0.3) is 0 Å². The molecular formula is C7H6Cl3NO. The van der Waals surface area contributed by atoms with Crippen molar-refractivity contribution in [1.82, 2.24) is 4.98 Å². The highest BCUT2D eigenvalue weighted by Gasteiger charge is 2.07. The lowest BCUT2D eigenvalue weighted by Crippen LogP contribution is -1.98. The van der Waals surface area contributed by atoms with Crippen molar-refractivity contribution in [3.63, 3.8) is 0 Å². The van der Waals surface area contributed by atoms with Crippen LogP contribution >= 0.6 is 34.8 Å². The average molecular weight is 226 g/mol. The fraction of sp³-hybridized carbons (Fsp3) is 0.286. The fourth-order valence-electron chi connectivity index (χ4n) is 0.765. The molecule has 66 valence electrons. The molecule has 2 nitrogen and oxygen atoms in total. The van der Waals surface area contributed by atoms with E-state index in [1.54, 1.807) is 0 Å². The van der Waals surface area contributed by atoms with Gasteiger partial charge in [-0.25, -0.2) is 4.98 Å². The van der Waals surface area contributed by atoms with E-state index in [9.17, 15) is 5.11 Å². The molecule has 12 heavy (non-hydrogen) atoms. The molecule has 0 saturated carbocycles. The van der Waals surface area contributed by atoms with E-state index in [-0.39, 0.29) is 16.2 Å². The van der Waals surface area contributed by atoms with E-state index in [0.717, 1.165) is 0 Å². The van der Waals surface area contributed by atoms with E-state index in [2.05, 4.69) is 4.98 Å². The fourth-order valence-corrected chi connectivity index (χ4v) is 1.42. The van der Waals surface area contributed by atoms with Crippen molar-refractivity contribution in [3.8, 4) is 0 Å². The van der Waals surface area contributed by atoms with Crippen LogP contribution < -0.4 is 0 Å². The predicted octanol–water partition coefficient (Wildman–Crippen LogP) is 2.66. The molecule has 0 aromatic carbocycles. The number of aliphatic hydroxyl groups is 1. The Bertz CT molecular complexity index is 259. The Morgan fingerprint density at radius 2 is 1.83 bits per heavy atom. The van der Waals surface area contributed by atoms with Gasteiger partial charge in [-0.15, -0.1) is 11.6 Å². The van der Waals surface area contributed by atoms with Crippen LogP contribution in [0.15, 0.2) is 12.1 Å². The van der Waals surface area contributed by atoms with E-state index >= 15 is 0 Å². The van der Waals surface area contributed by atoms with Crippen LogP contribution in [0.2, 0.25) is 10.3 Å². The van der Waals surface area contributed by atoms with E-state index in [0.29, 0.717) is 5.56 Å². The number of pyridine rings is 1. The SMILES string of the molecule is OC(CCl)c1cc(Cl)nc(Cl)c1. The summed E-state index contributed by atoms with van der Waals surface area (Å²) in [5, 5.41) is 9.80. The zero-order valence-corrected chi connectivity index (χ0v) is 8.24. The monoisotopic (exact) mass is 225 g/mol. The maximum atomic E-state index is 9.30. The van der Waals surface area contributed by atoms with Gasteiger partial charge in [-0.3, -0.25) is 0 Å². The van der Waals surface area contributed by atoms with Gasteiger partial charge in [0.05, 0.1) is 12.0 Å². The van der Waals surface area contributed by atoms with E-state index in [1.165, 1.54) is 12.1 Å². The first-order valence-corrected chi connectivity index (χ1v) is 4.49. The first kappa shape index (κ1) is 10.1. The second-order valence-corrected chi connectivity index (χ2v) is 3.30. The van der Waals surface area contributed by atoms with Gasteiger partial charge in [-0.2, -0.15) is 0 Å². The average Bonchev–Trinajstić information content (AvgIpc) is 2.01. The highest BCUT2D eigenvalue weighted by Crippen LogP contribution is 2.20. The van der Waals surface area contributed by atoms with Crippen LogP contribution in [0.5, 0.6) is 0 Å². The van der Waals surface area contributed by atoms with Crippen molar-refractivity contribution in [1.29, 1.82) is 0 Å². The minimum absolute atomic E-state index is 0.108. The second-order valence-electron chi connectivity index (χ2n) is 2.22. The Balaban J connectivity index is 3.00. The van der Waals surface area contributed by atoms with Crippen LogP contribution in [0.4, 0.5) is 0 Å². The second kappa shape index (κ2) is 4.28. The maximum absolute atomic E-state index is 9.30. The number of nitrogens with zero attached hydrogens (tertiary/aromatic N) is 1. The van der Waals surface area contributed by atoms with Crippen molar-refractivity contribution < 1.29 is 5.11 Å². The van der Waals surface area contributed by atoms with Gasteiger partial charge >= 0.3 is 0 Å². The van der Waals surface area contributed by atoms with Crippen LogP contribution in [0.3, 0.4) is 0 Å². The van der Waals surface area contributed by atoms with Crippen LogP contribution in [-0.2, 0) is 0 Å². The molecule has 1 unspecified atom stereocenters. The zero-order chi connectivity index (χ0) is 9.14. The van der Waals surface area contributed by atoms with Gasteiger partial charge in [0, 0.05) is 0 Å². The summed E-state index contributed by atoms with van der Waals surface area (Å²) < 4.78 is 0. The Labute approximate surface area is 85.1 Å². The van der Waals surface area contributed by atoms with Crippen LogP contribution in [0, 0.1) is 0 Å². The molecule has 0 aliphatic rings. The number of alkyl halides is 1. The highest BCUT2D eigenvalue weighted by atomic mass is 35.5. The van der Waals surface area contributed by atoms with Gasteiger partial charge in [0.15, 0.2) is 0 Å². The van der Waals surface area contributed by atoms with Gasteiger partial charge in [-0.05, 0) is 17.7 Å². The van der Waals surface area contributed by atoms with E-state index in [1.807, 2.05) is 0 Å². The Morgan fingerprint density at radius 1 is 1.33 bits per heavy atom. The lowest BCUT2D eigenvalue weighted by Gasteiger charge is -2.06. The van der Waals surface area contributed by atoms with Crippen molar-refractivity contribution in [2.24, 2.45) is 0 Å². The predicted molar refractivity (Wildman–Crippen MR) is 49.9 cm³/mol. The van der Waals surface area contributed by atoms with Crippen LogP contribution in [-0.4, -0.2) is 16.0 Å². The van der Waals surface area contributed by atoms with Crippen molar-refractivity contribution in [2.75, 3.05) is 5.88 Å². The zero-order valence-electron chi connectivity index (χ0n) is 5.97. The van der Waals surface area contributed by atoms with Crippen molar-refractivity contribution in [3.05, 3.63) is 28.0 Å². The first-order chi connectivity index (χ1) is 5.63. The van der Waals surface area contributed by atoms with Gasteiger partial charge in [-0.1, -0.05) is 23.2 Å². The van der Waals surface area contributed by atoms with Gasteiger partial charge in [0.1, 0.15) is 10.3 Å². The molecule has 1 N–H and O–H groups in total. The number of halogens is 3. The number of aromatic nitrogens is 1. The molecular weight excluding hydrogens is 220 g/mol. The Hall–Kier alpha value is -0.0200. The molecule has 5 heteroatoms. The van der Waals surface area contributed by atoms with Crippen molar-refractivity contribution in [2.45, 2.75) is 6.10 Å². The number of rotatable bonds is 2. The number of hydrogen-bond donors (Lipinski definition) is 1. The summed E-state index contributed by atoms with van der Waals surface area (Å²) in [5.41, 5.74) is 0.579. The topological polar surface area (TPSA) is 33.1 Å². The lowest BCUT2D eigenvalue weighted by atomic mass is 10.2. The summed E-state index contributed by atoms with van der Waals surface area (Å²) in [6.45, 7) is 0. The molecule has 0 bridgehead atoms. The molecule has 1 aromatic heterocycles. The molecule has 0 aliphatic heterocycles. The van der Waals surface area contributed by atoms with Gasteiger partial charge in [0.2, 0.25) is 0 Å². The molecule has 1 aromatic rings. The maximum Gasteiger partial charge on any atom is 0.131 e. The summed E-state index contributed by atoms with van der Waals surface area (Å²) in [6.07, 6.45) is -0.746. The standard InChI is InChI=1S/C7H6Cl3NO/c8-3-5(12)4-1-6(9)11-7(10)2-4/h1-2,5,12H,3H2. The molecule has 1 atom stereocenters. The van der Waals surface area contributed by atoms with E-state index in [4.69, 9.17) is 34.8 Å². The molecule has 0 aliphatic carbocycles. The molecule has 0 spiro atoms. The normalized spacial score (nSPS) is 13.0. The first-order valence-electron chi connectivity index (χ1n) is 3.20. The Kier molecular flexibility index (Phi) is 3.59. The summed E-state index contributed by atoms with van der Waals surface area (Å²) in [5.74, 6) is 0.108.